The maximum Gasteiger partial charge on any atom is 0.244 e. The van der Waals surface area contributed by atoms with Gasteiger partial charge in [-0.05, 0) is 115 Å². The lowest BCUT2D eigenvalue weighted by Crippen LogP contribution is -2.08. The summed E-state index contributed by atoms with van der Waals surface area (Å²) >= 11 is 0. The van der Waals surface area contributed by atoms with Crippen LogP contribution in [0.4, 0.5) is 5.69 Å². The molecule has 0 radical (unpaired) electrons. The normalized spacial score (nSPS) is 13.7. The van der Waals surface area contributed by atoms with Crippen LogP contribution in [0.25, 0.3) is 32.7 Å². The fourth-order valence-electron chi connectivity index (χ4n) is 9.29. The van der Waals surface area contributed by atoms with Crippen LogP contribution in [-0.4, -0.2) is 76.9 Å². The van der Waals surface area contributed by atoms with Crippen molar-refractivity contribution >= 4 is 73.3 Å². The highest BCUT2D eigenvalue weighted by atomic mass is 16.2. The zero-order valence-corrected chi connectivity index (χ0v) is 37.2. The Labute approximate surface area is 387 Å². The Bertz CT molecular complexity index is 3230. The molecule has 3 N–H and O–H groups in total. The van der Waals surface area contributed by atoms with Crippen molar-refractivity contribution in [2.45, 2.75) is 86.1 Å². The molecule has 0 unspecified atom stereocenters. The molecule has 14 heteroatoms. The summed E-state index contributed by atoms with van der Waals surface area (Å²) in [4.78, 5) is 68.5. The number of carbonyl (C=O) groups excluding carboxylic acids is 6. The van der Waals surface area contributed by atoms with Gasteiger partial charge in [0.2, 0.25) is 11.8 Å². The van der Waals surface area contributed by atoms with E-state index in [1.165, 1.54) is 29.7 Å². The van der Waals surface area contributed by atoms with Gasteiger partial charge in [-0.25, -0.2) is 4.68 Å². The van der Waals surface area contributed by atoms with Gasteiger partial charge in [0.05, 0.1) is 35.5 Å². The van der Waals surface area contributed by atoms with Crippen LogP contribution in [0.5, 0.6) is 0 Å². The smallest absolute Gasteiger partial charge is 0.244 e. The van der Waals surface area contributed by atoms with Gasteiger partial charge in [-0.2, -0.15) is 15.3 Å². The molecule has 67 heavy (non-hydrogen) atoms. The minimum atomic E-state index is -0.112. The lowest BCUT2D eigenvalue weighted by molar-refractivity contribution is -0.114. The maximum absolute atomic E-state index is 11.8. The van der Waals surface area contributed by atoms with Crippen LogP contribution in [-0.2, 0) is 37.0 Å². The Kier molecular flexibility index (Phi) is 14.3. The van der Waals surface area contributed by atoms with Crippen molar-refractivity contribution < 1.29 is 33.9 Å². The number of carbonyl (C=O) groups is 6. The Morgan fingerprint density at radius 3 is 1.79 bits per heavy atom. The molecule has 5 aromatic carbocycles. The zero-order chi connectivity index (χ0) is 46.6. The molecule has 12 rings (SSSR count). The summed E-state index contributed by atoms with van der Waals surface area (Å²) in [6, 6.07) is 25.2. The molecule has 8 aromatic rings. The van der Waals surface area contributed by atoms with Gasteiger partial charge in [0.25, 0.3) is 0 Å². The zero-order valence-electron chi connectivity index (χ0n) is 37.2. The molecule has 342 valence electrons. The topological polar surface area (TPSA) is 199 Å². The third-order valence-corrected chi connectivity index (χ3v) is 12.5. The fraction of sp³-hybridized carbons (Fsp3) is 0.264. The predicted molar refractivity (Wildman–Crippen MR) is 258 cm³/mol. The van der Waals surface area contributed by atoms with Gasteiger partial charge >= 0.3 is 0 Å². The molecular weight excluding hydrogens is 847 g/mol. The third kappa shape index (κ3) is 9.52. The molecule has 0 aliphatic heterocycles. The van der Waals surface area contributed by atoms with Crippen LogP contribution in [0.3, 0.4) is 0 Å². The molecule has 0 spiro atoms. The molecule has 14 nitrogen and oxygen atoms in total. The number of aliphatic hydroxyl groups is 1. The van der Waals surface area contributed by atoms with Gasteiger partial charge in [0.1, 0.15) is 0 Å². The summed E-state index contributed by atoms with van der Waals surface area (Å²) in [6.45, 7) is 5.67. The van der Waals surface area contributed by atoms with Crippen LogP contribution in [0.15, 0.2) is 97.5 Å². The lowest BCUT2D eigenvalue weighted by atomic mass is 10.0. The number of H-pyrrole nitrogens is 1. The number of Topliss-reactive ketones (excluding diaryl/α,β-unsaturated/α-hetero) is 4. The predicted octanol–water partition coefficient (Wildman–Crippen LogP) is 9.06. The first kappa shape index (κ1) is 47.3. The number of nitrogens with zero attached hydrogens (tertiary/aromatic N) is 5. The van der Waals surface area contributed by atoms with Crippen molar-refractivity contribution in [2.75, 3.05) is 12.4 Å². The van der Waals surface area contributed by atoms with E-state index in [1.54, 1.807) is 30.6 Å². The van der Waals surface area contributed by atoms with Crippen molar-refractivity contribution in [3.05, 3.63) is 153 Å². The molecule has 3 aromatic heterocycles. The van der Waals surface area contributed by atoms with Gasteiger partial charge in [-0.15, -0.1) is 0 Å². The fourth-order valence-corrected chi connectivity index (χ4v) is 9.29. The number of benzene rings is 5. The second-order valence-corrected chi connectivity index (χ2v) is 16.5. The van der Waals surface area contributed by atoms with E-state index >= 15 is 0 Å². The average Bonchev–Trinajstić information content (AvgIpc) is 4.19. The highest BCUT2D eigenvalue weighted by molar-refractivity contribution is 6.07. The second kappa shape index (κ2) is 20.2. The van der Waals surface area contributed by atoms with E-state index in [2.05, 4.69) is 44.0 Å². The number of aromatic nitrogens is 6. The number of hydrogen-bond donors (Lipinski definition) is 3. The van der Waals surface area contributed by atoms with E-state index < -0.39 is 0 Å². The number of hydrogen-bond acceptors (Lipinski definition) is 10. The van der Waals surface area contributed by atoms with Gasteiger partial charge < -0.3 is 10.4 Å². The number of fused-ring (bicyclic) bond motifs is 10. The summed E-state index contributed by atoms with van der Waals surface area (Å²) in [5.74, 6) is 0.729. The average molecular weight is 900 g/mol. The van der Waals surface area contributed by atoms with Crippen LogP contribution < -0.4 is 5.32 Å². The largest absolute Gasteiger partial charge is 0.400 e. The lowest BCUT2D eigenvalue weighted by Gasteiger charge is -2.10. The molecular formula is C53H53N7O7. The summed E-state index contributed by atoms with van der Waals surface area (Å²) in [5.41, 5.74) is 13.7. The first-order valence-corrected chi connectivity index (χ1v) is 21.9. The Hall–Kier alpha value is -7.71. The molecule has 0 atom stereocenters. The summed E-state index contributed by atoms with van der Waals surface area (Å²) in [7, 11) is 1.00. The van der Waals surface area contributed by atoms with Crippen molar-refractivity contribution in [2.24, 2.45) is 0 Å². The minimum absolute atomic E-state index is 0. The standard InChI is InChI=1S/C17H14N2O.C12H10N2O2.C12H13NO2.C10H8N2O.CH4O.CH4/c20-17-9-7-13-14(17)6-8-16-15(13)11-19(18-16)10-12-4-2-1-3-5-12;1-7(15)14-11-4-2-9-8(3-5-12(9)16)10(11)6-13-14;1-7-9-4-6-12(15)10(9)3-5-11(7)13-8(2)14;13-10-4-2-6-7(10)1-3-9-8(6)5-11-12-9;1-2;/h1-6,8,11H,7,9-10H2;2,4,6H,3,5H2,1H3;3,5H,4,6H2,1-2H3,(H,13,14);1,3,5H,2,4H2,(H,11,12);2H,1H3;1H4. The second-order valence-electron chi connectivity index (χ2n) is 16.5. The van der Waals surface area contributed by atoms with E-state index in [-0.39, 0.29) is 42.4 Å². The Morgan fingerprint density at radius 2 is 1.18 bits per heavy atom. The minimum Gasteiger partial charge on any atom is -0.400 e. The van der Waals surface area contributed by atoms with Crippen LogP contribution in [0, 0.1) is 6.92 Å². The van der Waals surface area contributed by atoms with Crippen LogP contribution in [0.2, 0.25) is 0 Å². The number of aliphatic hydroxyl groups excluding tert-OH is 1. The molecule has 0 saturated heterocycles. The summed E-state index contributed by atoms with van der Waals surface area (Å²) in [6.07, 6.45) is 11.3. The van der Waals surface area contributed by atoms with Gasteiger partial charge in [0.15, 0.2) is 23.1 Å². The van der Waals surface area contributed by atoms with E-state index in [0.29, 0.717) is 25.7 Å². The summed E-state index contributed by atoms with van der Waals surface area (Å²) in [5, 5.41) is 28.5. The van der Waals surface area contributed by atoms with Crippen LogP contribution >= 0.6 is 0 Å². The van der Waals surface area contributed by atoms with E-state index in [1.807, 2.05) is 60.1 Å². The molecule has 1 amide bonds. The van der Waals surface area contributed by atoms with E-state index in [4.69, 9.17) is 5.11 Å². The molecule has 4 aliphatic rings. The Morgan fingerprint density at radius 1 is 0.642 bits per heavy atom. The number of rotatable bonds is 3. The molecule has 0 fully saturated rings. The number of aryl methyl sites for hydroxylation is 3. The number of anilines is 1. The third-order valence-electron chi connectivity index (χ3n) is 12.5. The Balaban J connectivity index is 0.000000132. The number of ketones is 4. The van der Waals surface area contributed by atoms with Crippen molar-refractivity contribution in [3.63, 3.8) is 0 Å². The van der Waals surface area contributed by atoms with E-state index in [0.717, 1.165) is 122 Å². The summed E-state index contributed by atoms with van der Waals surface area (Å²) < 4.78 is 3.33. The highest BCUT2D eigenvalue weighted by Gasteiger charge is 2.25. The van der Waals surface area contributed by atoms with Crippen molar-refractivity contribution in [3.8, 4) is 0 Å². The highest BCUT2D eigenvalue weighted by Crippen LogP contribution is 2.33. The quantitative estimate of drug-likeness (QED) is 0.154. The maximum atomic E-state index is 11.8. The van der Waals surface area contributed by atoms with E-state index in [9.17, 15) is 28.8 Å². The number of nitrogens with one attached hydrogen (secondary N) is 2. The number of amides is 1. The monoisotopic (exact) mass is 899 g/mol. The molecule has 4 aliphatic carbocycles. The SMILES string of the molecule is C.CC(=O)Nc1ccc2c(c1C)CCC2=O.CC(=O)n1ncc2c3c(ccc21)C(=O)CC3.CO.O=C1CCc2c1ccc1[nH]ncc21.O=C1CCc2c1ccc1nn(Cc3ccccc3)cc21. The van der Waals surface area contributed by atoms with Crippen molar-refractivity contribution in [1.29, 1.82) is 0 Å². The molecule has 0 saturated carbocycles. The van der Waals surface area contributed by atoms with Crippen molar-refractivity contribution in [1.82, 2.24) is 29.8 Å². The van der Waals surface area contributed by atoms with Crippen LogP contribution in [0.1, 0.15) is 127 Å². The molecule has 0 bridgehead atoms. The van der Waals surface area contributed by atoms with Gasteiger partial charge in [0, 0.05) is 96.9 Å². The van der Waals surface area contributed by atoms with Gasteiger partial charge in [-0.1, -0.05) is 37.8 Å². The molecule has 3 heterocycles. The first-order valence-electron chi connectivity index (χ1n) is 21.9. The number of aromatic amines is 1. The van der Waals surface area contributed by atoms with Gasteiger partial charge in [-0.3, -0.25) is 38.5 Å². The first-order chi connectivity index (χ1) is 31.9.